The van der Waals surface area contributed by atoms with Gasteiger partial charge in [0.2, 0.25) is 0 Å². The summed E-state index contributed by atoms with van der Waals surface area (Å²) < 4.78 is 32.2. The average Bonchev–Trinajstić information content (AvgIpc) is 2.53. The summed E-state index contributed by atoms with van der Waals surface area (Å²) in [6, 6.07) is 12.1. The van der Waals surface area contributed by atoms with Crippen molar-refractivity contribution in [3.05, 3.63) is 59.2 Å². The molecular weight excluding hydrogens is 294 g/mol. The molecule has 0 aliphatic rings. The Hall–Kier alpha value is -1.90. The number of unbranched alkanes of at least 4 members (excludes halogenated alkanes) is 1. The zero-order valence-electron chi connectivity index (χ0n) is 14.0. The van der Waals surface area contributed by atoms with Gasteiger partial charge in [0.25, 0.3) is 5.92 Å². The van der Waals surface area contributed by atoms with Crippen molar-refractivity contribution >= 4 is 0 Å². The van der Waals surface area contributed by atoms with E-state index in [0.717, 1.165) is 25.5 Å². The second-order valence-electron chi connectivity index (χ2n) is 5.90. The van der Waals surface area contributed by atoms with E-state index in [1.165, 1.54) is 36.1 Å². The Morgan fingerprint density at radius 3 is 2.13 bits per heavy atom. The van der Waals surface area contributed by atoms with Crippen LogP contribution in [0.5, 0.6) is 11.5 Å². The number of hydrogen-bond acceptors (Lipinski definition) is 1. The lowest BCUT2D eigenvalue weighted by molar-refractivity contribution is 0.0174. The SMILES string of the molecule is CCCCc1ccc(Oc2ccc(C(C)(F)F)cc2)cc1CC. The first-order valence-electron chi connectivity index (χ1n) is 8.22. The molecule has 23 heavy (non-hydrogen) atoms. The molecule has 0 radical (unpaired) electrons. The molecule has 0 N–H and O–H groups in total. The first-order valence-corrected chi connectivity index (χ1v) is 8.22. The van der Waals surface area contributed by atoms with Crippen LogP contribution in [-0.4, -0.2) is 0 Å². The molecule has 0 aromatic heterocycles. The van der Waals surface area contributed by atoms with E-state index in [-0.39, 0.29) is 5.56 Å². The largest absolute Gasteiger partial charge is 0.457 e. The Morgan fingerprint density at radius 2 is 1.57 bits per heavy atom. The number of halogens is 2. The van der Waals surface area contributed by atoms with Gasteiger partial charge in [-0.2, -0.15) is 0 Å². The Labute approximate surface area is 137 Å². The van der Waals surface area contributed by atoms with E-state index in [9.17, 15) is 8.78 Å². The smallest absolute Gasteiger partial charge is 0.270 e. The minimum Gasteiger partial charge on any atom is -0.457 e. The minimum atomic E-state index is -2.82. The van der Waals surface area contributed by atoms with Crippen LogP contribution >= 0.6 is 0 Å². The predicted octanol–water partition coefficient (Wildman–Crippen LogP) is 6.50. The summed E-state index contributed by atoms with van der Waals surface area (Å²) in [6.45, 7) is 5.21. The average molecular weight is 318 g/mol. The standard InChI is InChI=1S/C20H24F2O/c1-4-6-7-16-8-11-19(14-15(16)5-2)23-18-12-9-17(10-13-18)20(3,21)22/h8-14H,4-7H2,1-3H3. The van der Waals surface area contributed by atoms with Crippen LogP contribution in [0.25, 0.3) is 0 Å². The Kier molecular flexibility index (Phi) is 5.75. The summed E-state index contributed by atoms with van der Waals surface area (Å²) >= 11 is 0. The summed E-state index contributed by atoms with van der Waals surface area (Å²) in [7, 11) is 0. The molecule has 0 bridgehead atoms. The van der Waals surface area contributed by atoms with Gasteiger partial charge in [0.1, 0.15) is 11.5 Å². The lowest BCUT2D eigenvalue weighted by Crippen LogP contribution is -2.06. The van der Waals surface area contributed by atoms with E-state index in [2.05, 4.69) is 19.9 Å². The van der Waals surface area contributed by atoms with Crippen LogP contribution in [0.3, 0.4) is 0 Å². The molecule has 0 atom stereocenters. The molecule has 2 aromatic rings. The first-order chi connectivity index (χ1) is 10.9. The predicted molar refractivity (Wildman–Crippen MR) is 90.5 cm³/mol. The third kappa shape index (κ3) is 4.78. The number of benzene rings is 2. The second kappa shape index (κ2) is 7.58. The van der Waals surface area contributed by atoms with Crippen molar-refractivity contribution in [1.29, 1.82) is 0 Å². The fourth-order valence-corrected chi connectivity index (χ4v) is 2.56. The maximum absolute atomic E-state index is 13.2. The van der Waals surface area contributed by atoms with Crippen molar-refractivity contribution < 1.29 is 13.5 Å². The van der Waals surface area contributed by atoms with Gasteiger partial charge in [-0.25, -0.2) is 8.78 Å². The molecule has 2 aromatic carbocycles. The van der Waals surface area contributed by atoms with E-state index in [0.29, 0.717) is 5.75 Å². The number of rotatable bonds is 7. The molecular formula is C20H24F2O. The first kappa shape index (κ1) is 17.5. The van der Waals surface area contributed by atoms with Gasteiger partial charge in [-0.05, 0) is 66.8 Å². The van der Waals surface area contributed by atoms with E-state index in [4.69, 9.17) is 4.74 Å². The van der Waals surface area contributed by atoms with Crippen molar-refractivity contribution in [1.82, 2.24) is 0 Å². The van der Waals surface area contributed by atoms with Gasteiger partial charge in [-0.3, -0.25) is 0 Å². The molecule has 0 fully saturated rings. The minimum absolute atomic E-state index is 0.00555. The zero-order chi connectivity index (χ0) is 16.9. The highest BCUT2D eigenvalue weighted by atomic mass is 19.3. The highest BCUT2D eigenvalue weighted by molar-refractivity contribution is 5.39. The summed E-state index contributed by atoms with van der Waals surface area (Å²) in [5, 5.41) is 0. The van der Waals surface area contributed by atoms with E-state index >= 15 is 0 Å². The van der Waals surface area contributed by atoms with Gasteiger partial charge in [-0.1, -0.05) is 26.3 Å². The van der Waals surface area contributed by atoms with Crippen molar-refractivity contribution in [3.8, 4) is 11.5 Å². The molecule has 1 nitrogen and oxygen atoms in total. The van der Waals surface area contributed by atoms with Gasteiger partial charge in [0, 0.05) is 12.5 Å². The highest BCUT2D eigenvalue weighted by Crippen LogP contribution is 2.30. The molecule has 0 heterocycles. The van der Waals surface area contributed by atoms with Crippen LogP contribution in [0.1, 0.15) is 50.3 Å². The molecule has 0 amide bonds. The molecule has 0 spiro atoms. The normalized spacial score (nSPS) is 11.5. The molecule has 0 unspecified atom stereocenters. The van der Waals surface area contributed by atoms with Crippen LogP contribution in [-0.2, 0) is 18.8 Å². The topological polar surface area (TPSA) is 9.23 Å². The van der Waals surface area contributed by atoms with Crippen molar-refractivity contribution in [3.63, 3.8) is 0 Å². The lowest BCUT2D eigenvalue weighted by atomic mass is 10.00. The van der Waals surface area contributed by atoms with Crippen molar-refractivity contribution in [2.24, 2.45) is 0 Å². The molecule has 0 aliphatic carbocycles. The molecule has 2 rings (SSSR count). The van der Waals surface area contributed by atoms with Gasteiger partial charge in [-0.15, -0.1) is 0 Å². The zero-order valence-corrected chi connectivity index (χ0v) is 14.0. The second-order valence-corrected chi connectivity index (χ2v) is 5.90. The third-order valence-electron chi connectivity index (χ3n) is 3.96. The van der Waals surface area contributed by atoms with Crippen LogP contribution in [0.4, 0.5) is 8.78 Å². The van der Waals surface area contributed by atoms with Gasteiger partial charge in [0.15, 0.2) is 0 Å². The van der Waals surface area contributed by atoms with Gasteiger partial charge in [0.05, 0.1) is 0 Å². The van der Waals surface area contributed by atoms with Crippen molar-refractivity contribution in [2.45, 2.75) is 52.4 Å². The molecule has 0 aliphatic heterocycles. The Bertz CT molecular complexity index is 627. The fraction of sp³-hybridized carbons (Fsp3) is 0.400. The fourth-order valence-electron chi connectivity index (χ4n) is 2.56. The van der Waals surface area contributed by atoms with E-state index in [1.807, 2.05) is 12.1 Å². The third-order valence-corrected chi connectivity index (χ3v) is 3.96. The summed E-state index contributed by atoms with van der Waals surface area (Å²) in [4.78, 5) is 0. The van der Waals surface area contributed by atoms with Gasteiger partial charge >= 0.3 is 0 Å². The monoisotopic (exact) mass is 318 g/mol. The summed E-state index contributed by atoms with van der Waals surface area (Å²) in [6.07, 6.45) is 4.40. The van der Waals surface area contributed by atoms with Crippen LogP contribution in [0, 0.1) is 0 Å². The number of ether oxygens (including phenoxy) is 1. The molecule has 0 saturated heterocycles. The van der Waals surface area contributed by atoms with Crippen LogP contribution < -0.4 is 4.74 Å². The van der Waals surface area contributed by atoms with E-state index < -0.39 is 5.92 Å². The van der Waals surface area contributed by atoms with E-state index in [1.54, 1.807) is 12.1 Å². The van der Waals surface area contributed by atoms with Crippen LogP contribution in [0.2, 0.25) is 0 Å². The maximum atomic E-state index is 13.2. The summed E-state index contributed by atoms with van der Waals surface area (Å²) in [5.41, 5.74) is 2.64. The molecule has 124 valence electrons. The Balaban J connectivity index is 2.13. The van der Waals surface area contributed by atoms with Crippen LogP contribution in [0.15, 0.2) is 42.5 Å². The van der Waals surface area contributed by atoms with Crippen molar-refractivity contribution in [2.75, 3.05) is 0 Å². The molecule has 0 saturated carbocycles. The van der Waals surface area contributed by atoms with Gasteiger partial charge < -0.3 is 4.74 Å². The quantitative estimate of drug-likeness (QED) is 0.566. The number of hydrogen-bond donors (Lipinski definition) is 0. The number of aryl methyl sites for hydroxylation is 2. The Morgan fingerprint density at radius 1 is 0.913 bits per heavy atom. The summed E-state index contributed by atoms with van der Waals surface area (Å²) in [5.74, 6) is -1.51. The number of alkyl halides is 2. The highest BCUT2D eigenvalue weighted by Gasteiger charge is 2.23. The maximum Gasteiger partial charge on any atom is 0.270 e. The molecule has 3 heteroatoms. The lowest BCUT2D eigenvalue weighted by Gasteiger charge is -2.13.